The van der Waals surface area contributed by atoms with Crippen LogP contribution in [-0.2, 0) is 15.8 Å². The SMILES string of the molecule is CNS(=O)(=O)Cc1ccc2cccc(C(C)=O)c2c1. The molecule has 0 bridgehead atoms. The number of carbonyl (C=O) groups excluding carboxylic acids is 1. The standard InChI is InChI=1S/C14H15NO3S/c1-10(16)13-5-3-4-12-7-6-11(8-14(12)13)9-19(17,18)15-2/h3-8,15H,9H2,1-2H3. The van der Waals surface area contributed by atoms with Gasteiger partial charge in [0.15, 0.2) is 5.78 Å². The summed E-state index contributed by atoms with van der Waals surface area (Å²) in [6.45, 7) is 1.51. The highest BCUT2D eigenvalue weighted by atomic mass is 32.2. The highest BCUT2D eigenvalue weighted by molar-refractivity contribution is 7.88. The van der Waals surface area contributed by atoms with Crippen molar-refractivity contribution < 1.29 is 13.2 Å². The lowest BCUT2D eigenvalue weighted by Crippen LogP contribution is -2.20. The number of benzene rings is 2. The minimum absolute atomic E-state index is 0.0285. The summed E-state index contributed by atoms with van der Waals surface area (Å²) in [5, 5.41) is 1.72. The largest absolute Gasteiger partial charge is 0.294 e. The Morgan fingerprint density at radius 3 is 2.58 bits per heavy atom. The first-order valence-electron chi connectivity index (χ1n) is 5.87. The monoisotopic (exact) mass is 277 g/mol. The summed E-state index contributed by atoms with van der Waals surface area (Å²) in [6.07, 6.45) is 0. The molecule has 100 valence electrons. The molecule has 0 atom stereocenters. The number of Topliss-reactive ketones (excluding diaryl/α,β-unsaturated/α-hetero) is 1. The molecule has 4 nitrogen and oxygen atoms in total. The lowest BCUT2D eigenvalue weighted by molar-refractivity contribution is 0.101. The Hall–Kier alpha value is -1.72. The van der Waals surface area contributed by atoms with Crippen molar-refractivity contribution in [1.82, 2.24) is 4.72 Å². The molecule has 0 aliphatic carbocycles. The van der Waals surface area contributed by atoms with E-state index in [2.05, 4.69) is 4.72 Å². The third-order valence-corrected chi connectivity index (χ3v) is 4.33. The average molecular weight is 277 g/mol. The number of carbonyl (C=O) groups is 1. The molecule has 0 aliphatic rings. The van der Waals surface area contributed by atoms with Crippen LogP contribution in [0.25, 0.3) is 10.8 Å². The predicted octanol–water partition coefficient (Wildman–Crippen LogP) is 2.09. The van der Waals surface area contributed by atoms with Crippen LogP contribution in [0.3, 0.4) is 0 Å². The van der Waals surface area contributed by atoms with E-state index in [-0.39, 0.29) is 11.5 Å². The molecule has 0 spiro atoms. The van der Waals surface area contributed by atoms with Gasteiger partial charge in [0, 0.05) is 5.56 Å². The van der Waals surface area contributed by atoms with E-state index in [9.17, 15) is 13.2 Å². The zero-order chi connectivity index (χ0) is 14.0. The Bertz CT molecular complexity index is 735. The van der Waals surface area contributed by atoms with Gasteiger partial charge in [-0.05, 0) is 36.4 Å². The molecule has 0 amide bonds. The fourth-order valence-corrected chi connectivity index (χ4v) is 2.77. The molecule has 0 aliphatic heterocycles. The minimum Gasteiger partial charge on any atom is -0.294 e. The molecule has 0 heterocycles. The molecule has 0 fully saturated rings. The summed E-state index contributed by atoms with van der Waals surface area (Å²) in [4.78, 5) is 11.6. The Labute approximate surface area is 112 Å². The first-order valence-corrected chi connectivity index (χ1v) is 7.52. The van der Waals surface area contributed by atoms with Gasteiger partial charge in [-0.1, -0.05) is 30.3 Å². The van der Waals surface area contributed by atoms with Gasteiger partial charge in [0.25, 0.3) is 0 Å². The van der Waals surface area contributed by atoms with Crippen LogP contribution in [0.1, 0.15) is 22.8 Å². The van der Waals surface area contributed by atoms with Gasteiger partial charge in [0.05, 0.1) is 5.75 Å². The molecular weight excluding hydrogens is 262 g/mol. The quantitative estimate of drug-likeness (QED) is 0.870. The van der Waals surface area contributed by atoms with E-state index in [0.29, 0.717) is 11.1 Å². The molecule has 0 radical (unpaired) electrons. The number of sulfonamides is 1. The van der Waals surface area contributed by atoms with Crippen LogP contribution in [0, 0.1) is 0 Å². The summed E-state index contributed by atoms with van der Waals surface area (Å²) < 4.78 is 25.4. The third kappa shape index (κ3) is 3.00. The molecule has 19 heavy (non-hydrogen) atoms. The van der Waals surface area contributed by atoms with Crippen LogP contribution in [0.2, 0.25) is 0 Å². The zero-order valence-electron chi connectivity index (χ0n) is 10.8. The Morgan fingerprint density at radius 1 is 1.21 bits per heavy atom. The number of nitrogens with one attached hydrogen (secondary N) is 1. The van der Waals surface area contributed by atoms with Crippen LogP contribution >= 0.6 is 0 Å². The van der Waals surface area contributed by atoms with Gasteiger partial charge in [0.1, 0.15) is 0 Å². The third-order valence-electron chi connectivity index (χ3n) is 2.99. The van der Waals surface area contributed by atoms with Crippen molar-refractivity contribution >= 4 is 26.6 Å². The van der Waals surface area contributed by atoms with Crippen molar-refractivity contribution in [2.75, 3.05) is 7.05 Å². The smallest absolute Gasteiger partial charge is 0.215 e. The highest BCUT2D eigenvalue weighted by Gasteiger charge is 2.11. The second-order valence-corrected chi connectivity index (χ2v) is 6.31. The Balaban J connectivity index is 2.56. The fourth-order valence-electron chi connectivity index (χ4n) is 2.01. The average Bonchev–Trinajstić information content (AvgIpc) is 2.37. The first-order chi connectivity index (χ1) is 8.93. The van der Waals surface area contributed by atoms with Gasteiger partial charge in [-0.3, -0.25) is 4.79 Å². The number of fused-ring (bicyclic) bond motifs is 1. The van der Waals surface area contributed by atoms with Crippen LogP contribution in [0.15, 0.2) is 36.4 Å². The van der Waals surface area contributed by atoms with E-state index >= 15 is 0 Å². The molecule has 2 aromatic rings. The van der Waals surface area contributed by atoms with Crippen molar-refractivity contribution in [3.05, 3.63) is 47.5 Å². The maximum atomic E-state index is 11.6. The molecule has 0 aromatic heterocycles. The molecule has 2 rings (SSSR count). The maximum Gasteiger partial charge on any atom is 0.215 e. The summed E-state index contributed by atoms with van der Waals surface area (Å²) in [7, 11) is -1.92. The van der Waals surface area contributed by atoms with Crippen molar-refractivity contribution in [3.63, 3.8) is 0 Å². The Kier molecular flexibility index (Phi) is 3.68. The van der Waals surface area contributed by atoms with Crippen LogP contribution < -0.4 is 4.72 Å². The number of rotatable bonds is 4. The van der Waals surface area contributed by atoms with Crippen molar-refractivity contribution in [2.45, 2.75) is 12.7 Å². The van der Waals surface area contributed by atoms with E-state index in [1.54, 1.807) is 18.2 Å². The van der Waals surface area contributed by atoms with Crippen molar-refractivity contribution in [3.8, 4) is 0 Å². The van der Waals surface area contributed by atoms with E-state index < -0.39 is 10.0 Å². The van der Waals surface area contributed by atoms with E-state index in [0.717, 1.165) is 10.8 Å². The van der Waals surface area contributed by atoms with Crippen molar-refractivity contribution in [1.29, 1.82) is 0 Å². The molecule has 5 heteroatoms. The summed E-state index contributed by atoms with van der Waals surface area (Å²) >= 11 is 0. The molecule has 0 unspecified atom stereocenters. The van der Waals surface area contributed by atoms with Crippen molar-refractivity contribution in [2.24, 2.45) is 0 Å². The predicted molar refractivity (Wildman–Crippen MR) is 75.6 cm³/mol. The molecule has 1 N–H and O–H groups in total. The zero-order valence-corrected chi connectivity index (χ0v) is 11.6. The van der Waals surface area contributed by atoms with Gasteiger partial charge in [-0.2, -0.15) is 0 Å². The lowest BCUT2D eigenvalue weighted by atomic mass is 10.0. The molecule has 0 saturated carbocycles. The summed E-state index contributed by atoms with van der Waals surface area (Å²) in [5.41, 5.74) is 1.27. The normalized spacial score (nSPS) is 11.7. The Morgan fingerprint density at radius 2 is 1.95 bits per heavy atom. The van der Waals surface area contributed by atoms with E-state index in [1.807, 2.05) is 18.2 Å². The number of ketones is 1. The topological polar surface area (TPSA) is 63.2 Å². The van der Waals surface area contributed by atoms with Gasteiger partial charge in [-0.15, -0.1) is 0 Å². The second kappa shape index (κ2) is 5.11. The van der Waals surface area contributed by atoms with Gasteiger partial charge >= 0.3 is 0 Å². The molecule has 2 aromatic carbocycles. The van der Waals surface area contributed by atoms with Crippen LogP contribution in [0.5, 0.6) is 0 Å². The van der Waals surface area contributed by atoms with Crippen LogP contribution in [-0.4, -0.2) is 21.2 Å². The lowest BCUT2D eigenvalue weighted by Gasteiger charge is -2.07. The van der Waals surface area contributed by atoms with Gasteiger partial charge in [-0.25, -0.2) is 13.1 Å². The van der Waals surface area contributed by atoms with Gasteiger partial charge < -0.3 is 0 Å². The first kappa shape index (κ1) is 13.7. The number of hydrogen-bond acceptors (Lipinski definition) is 3. The summed E-state index contributed by atoms with van der Waals surface area (Å²) in [5.74, 6) is -0.120. The van der Waals surface area contributed by atoms with Crippen LogP contribution in [0.4, 0.5) is 0 Å². The minimum atomic E-state index is -3.31. The highest BCUT2D eigenvalue weighted by Crippen LogP contribution is 2.21. The molecular formula is C14H15NO3S. The fraction of sp³-hybridized carbons (Fsp3) is 0.214. The second-order valence-electron chi connectivity index (χ2n) is 4.38. The van der Waals surface area contributed by atoms with E-state index in [4.69, 9.17) is 0 Å². The molecule has 0 saturated heterocycles. The van der Waals surface area contributed by atoms with E-state index in [1.165, 1.54) is 14.0 Å². The maximum absolute atomic E-state index is 11.6. The van der Waals surface area contributed by atoms with Gasteiger partial charge in [0.2, 0.25) is 10.0 Å². The summed E-state index contributed by atoms with van der Waals surface area (Å²) in [6, 6.07) is 10.8. The number of hydrogen-bond donors (Lipinski definition) is 1.